The average molecular weight is 605 g/mol. The van der Waals surface area contributed by atoms with Crippen LogP contribution in [-0.2, 0) is 32.6 Å². The molecule has 3 aromatic carbocycles. The largest absolute Gasteiger partial charge is 0.350 e. The lowest BCUT2D eigenvalue weighted by Gasteiger charge is -2.35. The highest BCUT2D eigenvalue weighted by Gasteiger charge is 2.34. The first-order valence-electron chi connectivity index (χ1n) is 12.8. The number of rotatable bonds is 10. The SMILES string of the molecule is Cc1ccc(N(CC(=O)N(Cc2ccc(Cl)c(Cl)c2)C(Cc2ccccc2)C(=O)NC(C)(C)C)S(C)(=O)=O)cc1. The van der Waals surface area contributed by atoms with Gasteiger partial charge in [-0.15, -0.1) is 0 Å². The molecular weight excluding hydrogens is 569 g/mol. The molecule has 3 rings (SSSR count). The maximum absolute atomic E-state index is 14.1. The summed E-state index contributed by atoms with van der Waals surface area (Å²) in [5.41, 5.74) is 2.24. The van der Waals surface area contributed by atoms with Crippen LogP contribution in [0.1, 0.15) is 37.5 Å². The minimum atomic E-state index is -3.83. The second-order valence-electron chi connectivity index (χ2n) is 10.8. The van der Waals surface area contributed by atoms with Crippen molar-refractivity contribution in [2.75, 3.05) is 17.1 Å². The summed E-state index contributed by atoms with van der Waals surface area (Å²) < 4.78 is 26.7. The second-order valence-corrected chi connectivity index (χ2v) is 13.5. The van der Waals surface area contributed by atoms with Crippen LogP contribution in [0.5, 0.6) is 0 Å². The molecule has 0 aliphatic rings. The normalized spacial score (nSPS) is 12.5. The molecule has 1 N–H and O–H groups in total. The van der Waals surface area contributed by atoms with E-state index in [9.17, 15) is 18.0 Å². The molecule has 3 aromatic rings. The van der Waals surface area contributed by atoms with Gasteiger partial charge in [-0.25, -0.2) is 8.42 Å². The lowest BCUT2D eigenvalue weighted by molar-refractivity contribution is -0.140. The van der Waals surface area contributed by atoms with Crippen LogP contribution in [0.25, 0.3) is 0 Å². The fourth-order valence-electron chi connectivity index (χ4n) is 4.17. The van der Waals surface area contributed by atoms with Gasteiger partial charge in [0.2, 0.25) is 21.8 Å². The predicted molar refractivity (Wildman–Crippen MR) is 162 cm³/mol. The van der Waals surface area contributed by atoms with Gasteiger partial charge in [-0.1, -0.05) is 77.3 Å². The van der Waals surface area contributed by atoms with Crippen molar-refractivity contribution in [2.24, 2.45) is 0 Å². The molecule has 0 spiro atoms. The first kappa shape index (κ1) is 31.5. The van der Waals surface area contributed by atoms with Crippen LogP contribution in [0.4, 0.5) is 5.69 Å². The quantitative estimate of drug-likeness (QED) is 0.326. The van der Waals surface area contributed by atoms with Gasteiger partial charge < -0.3 is 10.2 Å². The molecule has 7 nitrogen and oxygen atoms in total. The Hall–Kier alpha value is -3.07. The minimum Gasteiger partial charge on any atom is -0.350 e. The Balaban J connectivity index is 2.08. The van der Waals surface area contributed by atoms with Crippen molar-refractivity contribution >= 4 is 50.7 Å². The van der Waals surface area contributed by atoms with E-state index in [4.69, 9.17) is 23.2 Å². The number of halogens is 2. The number of nitrogens with one attached hydrogen (secondary N) is 1. The summed E-state index contributed by atoms with van der Waals surface area (Å²) in [6.07, 6.45) is 1.27. The van der Waals surface area contributed by atoms with Gasteiger partial charge in [0.1, 0.15) is 12.6 Å². The van der Waals surface area contributed by atoms with Crippen LogP contribution in [0.3, 0.4) is 0 Å². The number of nitrogens with zero attached hydrogens (tertiary/aromatic N) is 2. The topological polar surface area (TPSA) is 86.8 Å². The van der Waals surface area contributed by atoms with Crippen LogP contribution < -0.4 is 9.62 Å². The van der Waals surface area contributed by atoms with E-state index < -0.39 is 34.1 Å². The van der Waals surface area contributed by atoms with Gasteiger partial charge in [0, 0.05) is 18.5 Å². The number of aryl methyl sites for hydroxylation is 1. The van der Waals surface area contributed by atoms with Crippen molar-refractivity contribution in [3.63, 3.8) is 0 Å². The molecule has 0 saturated carbocycles. The van der Waals surface area contributed by atoms with Gasteiger partial charge in [-0.3, -0.25) is 13.9 Å². The van der Waals surface area contributed by atoms with Gasteiger partial charge in [0.25, 0.3) is 0 Å². The van der Waals surface area contributed by atoms with Crippen LogP contribution in [0.15, 0.2) is 72.8 Å². The van der Waals surface area contributed by atoms with Crippen LogP contribution >= 0.6 is 23.2 Å². The van der Waals surface area contributed by atoms with Gasteiger partial charge in [-0.05, 0) is 63.1 Å². The highest BCUT2D eigenvalue weighted by Crippen LogP contribution is 2.25. The number of sulfonamides is 1. The maximum atomic E-state index is 14.1. The second kappa shape index (κ2) is 13.1. The molecule has 214 valence electrons. The molecule has 0 heterocycles. The number of carbonyl (C=O) groups is 2. The summed E-state index contributed by atoms with van der Waals surface area (Å²) in [5.74, 6) is -0.895. The van der Waals surface area contributed by atoms with E-state index in [0.717, 1.165) is 21.7 Å². The number of carbonyl (C=O) groups excluding carboxylic acids is 2. The van der Waals surface area contributed by atoms with Crippen LogP contribution in [0, 0.1) is 6.92 Å². The number of benzene rings is 3. The fraction of sp³-hybridized carbons (Fsp3) is 0.333. The summed E-state index contributed by atoms with van der Waals surface area (Å²) in [7, 11) is -3.83. The Morgan fingerprint density at radius 2 is 1.52 bits per heavy atom. The van der Waals surface area contributed by atoms with E-state index in [1.807, 2.05) is 58.0 Å². The van der Waals surface area contributed by atoms with Crippen molar-refractivity contribution in [3.05, 3.63) is 99.5 Å². The van der Waals surface area contributed by atoms with Gasteiger partial charge in [0.15, 0.2) is 0 Å². The molecular formula is C30H35Cl2N3O4S. The highest BCUT2D eigenvalue weighted by molar-refractivity contribution is 7.92. The van der Waals surface area contributed by atoms with Crippen molar-refractivity contribution < 1.29 is 18.0 Å². The van der Waals surface area contributed by atoms with E-state index in [-0.39, 0.29) is 18.9 Å². The average Bonchev–Trinajstić information content (AvgIpc) is 2.86. The van der Waals surface area contributed by atoms with Crippen LogP contribution in [0.2, 0.25) is 10.0 Å². The van der Waals surface area contributed by atoms with E-state index >= 15 is 0 Å². The van der Waals surface area contributed by atoms with E-state index in [2.05, 4.69) is 5.32 Å². The third-order valence-corrected chi connectivity index (χ3v) is 7.99. The minimum absolute atomic E-state index is 0.0102. The zero-order chi connectivity index (χ0) is 29.7. The monoisotopic (exact) mass is 603 g/mol. The molecule has 0 aliphatic carbocycles. The smallest absolute Gasteiger partial charge is 0.244 e. The molecule has 0 bridgehead atoms. The number of amides is 2. The Kier molecular flexibility index (Phi) is 10.3. The first-order valence-corrected chi connectivity index (χ1v) is 15.4. The molecule has 0 aromatic heterocycles. The molecule has 0 saturated heterocycles. The van der Waals surface area contributed by atoms with Gasteiger partial charge >= 0.3 is 0 Å². The molecule has 0 aliphatic heterocycles. The Bertz CT molecular complexity index is 1440. The molecule has 40 heavy (non-hydrogen) atoms. The molecule has 1 atom stereocenters. The maximum Gasteiger partial charge on any atom is 0.244 e. The molecule has 1 unspecified atom stereocenters. The first-order chi connectivity index (χ1) is 18.6. The number of hydrogen-bond acceptors (Lipinski definition) is 4. The van der Waals surface area contributed by atoms with Crippen molar-refractivity contribution in [1.82, 2.24) is 10.2 Å². The zero-order valence-electron chi connectivity index (χ0n) is 23.3. The van der Waals surface area contributed by atoms with Gasteiger partial charge in [-0.2, -0.15) is 0 Å². The standard InChI is InChI=1S/C30H35Cl2N3O4S/c1-21-11-14-24(15-12-21)35(40(5,38)39)20-28(36)34(19-23-13-16-25(31)26(32)17-23)27(29(37)33-30(2,3)4)18-22-9-7-6-8-10-22/h6-17,27H,18-20H2,1-5H3,(H,33,37). The summed E-state index contributed by atoms with van der Waals surface area (Å²) in [6, 6.07) is 20.3. The highest BCUT2D eigenvalue weighted by atomic mass is 35.5. The molecule has 0 radical (unpaired) electrons. The third-order valence-electron chi connectivity index (χ3n) is 6.11. The lowest BCUT2D eigenvalue weighted by Crippen LogP contribution is -2.56. The van der Waals surface area contributed by atoms with E-state index in [1.54, 1.807) is 42.5 Å². The van der Waals surface area contributed by atoms with E-state index in [1.165, 1.54) is 4.90 Å². The molecule has 10 heteroatoms. The summed E-state index contributed by atoms with van der Waals surface area (Å²) >= 11 is 12.4. The third kappa shape index (κ3) is 8.98. The number of anilines is 1. The van der Waals surface area contributed by atoms with Crippen molar-refractivity contribution in [3.8, 4) is 0 Å². The lowest BCUT2D eigenvalue weighted by atomic mass is 10.0. The van der Waals surface area contributed by atoms with Crippen molar-refractivity contribution in [1.29, 1.82) is 0 Å². The Morgan fingerprint density at radius 3 is 2.08 bits per heavy atom. The Morgan fingerprint density at radius 1 is 0.900 bits per heavy atom. The predicted octanol–water partition coefficient (Wildman–Crippen LogP) is 5.62. The molecule has 0 fully saturated rings. The summed E-state index contributed by atoms with van der Waals surface area (Å²) in [6.45, 7) is 6.99. The van der Waals surface area contributed by atoms with Gasteiger partial charge in [0.05, 0.1) is 22.0 Å². The summed E-state index contributed by atoms with van der Waals surface area (Å²) in [5, 5.41) is 3.66. The molecule has 2 amide bonds. The Labute approximate surface area is 247 Å². The summed E-state index contributed by atoms with van der Waals surface area (Å²) in [4.78, 5) is 29.2. The van der Waals surface area contributed by atoms with Crippen LogP contribution in [-0.4, -0.2) is 49.5 Å². The number of hydrogen-bond donors (Lipinski definition) is 1. The zero-order valence-corrected chi connectivity index (χ0v) is 25.6. The van der Waals surface area contributed by atoms with Crippen molar-refractivity contribution in [2.45, 2.75) is 52.2 Å². The van der Waals surface area contributed by atoms with E-state index in [0.29, 0.717) is 21.3 Å². The fourth-order valence-corrected chi connectivity index (χ4v) is 5.34.